The van der Waals surface area contributed by atoms with E-state index in [4.69, 9.17) is 0 Å². The van der Waals surface area contributed by atoms with Gasteiger partial charge in [0.25, 0.3) is 0 Å². The Bertz CT molecular complexity index is 701. The number of piperidine rings is 1. The second kappa shape index (κ2) is 6.80. The minimum absolute atomic E-state index is 0.333. The van der Waals surface area contributed by atoms with E-state index in [1.807, 2.05) is 24.4 Å². The van der Waals surface area contributed by atoms with Gasteiger partial charge in [0.1, 0.15) is 0 Å². The second-order valence-electron chi connectivity index (χ2n) is 7.03. The Labute approximate surface area is 143 Å². The number of likely N-dealkylation sites (tertiary alicyclic amines) is 1. The van der Waals surface area contributed by atoms with Crippen LogP contribution in [-0.2, 0) is 11.2 Å². The van der Waals surface area contributed by atoms with E-state index in [2.05, 4.69) is 26.8 Å². The second-order valence-corrected chi connectivity index (χ2v) is 7.03. The first kappa shape index (κ1) is 15.4. The van der Waals surface area contributed by atoms with Gasteiger partial charge >= 0.3 is 0 Å². The van der Waals surface area contributed by atoms with Crippen molar-refractivity contribution in [2.24, 2.45) is 0 Å². The number of nitrogens with zero attached hydrogens (tertiary/aromatic N) is 3. The lowest BCUT2D eigenvalue weighted by atomic mass is 9.84. The summed E-state index contributed by atoms with van der Waals surface area (Å²) < 4.78 is 2.06. The van der Waals surface area contributed by atoms with Crippen LogP contribution in [0.3, 0.4) is 0 Å². The van der Waals surface area contributed by atoms with Gasteiger partial charge in [-0.3, -0.25) is 4.79 Å². The van der Waals surface area contributed by atoms with Crippen LogP contribution in [-0.4, -0.2) is 33.7 Å². The maximum Gasteiger partial charge on any atom is 0.223 e. The van der Waals surface area contributed by atoms with Crippen LogP contribution in [0.5, 0.6) is 0 Å². The molecule has 2 aromatic rings. The third-order valence-electron chi connectivity index (χ3n) is 5.44. The van der Waals surface area contributed by atoms with E-state index < -0.39 is 0 Å². The van der Waals surface area contributed by atoms with Gasteiger partial charge < -0.3 is 4.90 Å². The van der Waals surface area contributed by atoms with Gasteiger partial charge in [-0.15, -0.1) is 0 Å². The van der Waals surface area contributed by atoms with Crippen molar-refractivity contribution in [3.05, 3.63) is 47.8 Å². The zero-order chi connectivity index (χ0) is 16.4. The molecule has 1 aromatic carbocycles. The Balaban J connectivity index is 1.54. The summed E-state index contributed by atoms with van der Waals surface area (Å²) in [5.41, 5.74) is 3.70. The average Bonchev–Trinajstić information content (AvgIpc) is 3.08. The number of carbonyl (C=O) groups is 1. The van der Waals surface area contributed by atoms with Crippen molar-refractivity contribution in [1.82, 2.24) is 14.7 Å². The lowest BCUT2D eigenvalue weighted by molar-refractivity contribution is -0.132. The van der Waals surface area contributed by atoms with Crippen molar-refractivity contribution in [2.75, 3.05) is 13.1 Å². The van der Waals surface area contributed by atoms with Crippen LogP contribution in [0.4, 0.5) is 0 Å². The molecule has 4 heteroatoms. The highest BCUT2D eigenvalue weighted by Crippen LogP contribution is 2.35. The molecular formula is C20H25N3O. The average molecular weight is 323 g/mol. The Morgan fingerprint density at radius 1 is 1.08 bits per heavy atom. The normalized spacial score (nSPS) is 20.7. The largest absolute Gasteiger partial charge is 0.343 e. The van der Waals surface area contributed by atoms with Gasteiger partial charge in [0.15, 0.2) is 0 Å². The van der Waals surface area contributed by atoms with E-state index >= 15 is 0 Å². The van der Waals surface area contributed by atoms with E-state index in [-0.39, 0.29) is 0 Å². The molecule has 2 heterocycles. The molecule has 1 aliphatic heterocycles. The van der Waals surface area contributed by atoms with Crippen LogP contribution in [0.2, 0.25) is 0 Å². The van der Waals surface area contributed by atoms with Crippen LogP contribution in [0.25, 0.3) is 5.69 Å². The number of benzene rings is 1. The standard InChI is InChI=1S/C20H25N3O/c24-20(22-12-5-2-6-13-22)14-16-8-7-11-19-18(16)15-21-23(19)17-9-3-1-4-10-17/h1,3-4,9-10,15-16H,2,5-8,11-14H2. The Morgan fingerprint density at radius 2 is 1.88 bits per heavy atom. The van der Waals surface area contributed by atoms with Crippen molar-refractivity contribution < 1.29 is 4.79 Å². The fourth-order valence-electron chi connectivity index (χ4n) is 4.14. The van der Waals surface area contributed by atoms with E-state index in [9.17, 15) is 4.79 Å². The molecule has 1 unspecified atom stereocenters. The van der Waals surface area contributed by atoms with Crippen LogP contribution in [0.15, 0.2) is 36.5 Å². The lowest BCUT2D eigenvalue weighted by Gasteiger charge is -2.29. The molecular weight excluding hydrogens is 298 g/mol. The molecule has 126 valence electrons. The molecule has 0 saturated carbocycles. The number of amides is 1. The van der Waals surface area contributed by atoms with E-state index in [0.717, 1.165) is 50.9 Å². The molecule has 1 fully saturated rings. The van der Waals surface area contributed by atoms with Crippen LogP contribution < -0.4 is 0 Å². The van der Waals surface area contributed by atoms with Gasteiger partial charge in [-0.05, 0) is 62.1 Å². The predicted molar refractivity (Wildman–Crippen MR) is 94.3 cm³/mol. The summed E-state index contributed by atoms with van der Waals surface area (Å²) in [6.07, 6.45) is 9.53. The highest BCUT2D eigenvalue weighted by atomic mass is 16.2. The lowest BCUT2D eigenvalue weighted by Crippen LogP contribution is -2.36. The highest BCUT2D eigenvalue weighted by Gasteiger charge is 2.28. The molecule has 1 aliphatic carbocycles. The first-order valence-corrected chi connectivity index (χ1v) is 9.23. The molecule has 1 amide bonds. The molecule has 1 aromatic heterocycles. The Morgan fingerprint density at radius 3 is 2.67 bits per heavy atom. The quantitative estimate of drug-likeness (QED) is 0.864. The van der Waals surface area contributed by atoms with Crippen molar-refractivity contribution in [3.63, 3.8) is 0 Å². The predicted octanol–water partition coefficient (Wildman–Crippen LogP) is 3.69. The molecule has 0 spiro atoms. The number of aromatic nitrogens is 2. The molecule has 2 aliphatic rings. The van der Waals surface area contributed by atoms with E-state index in [1.165, 1.54) is 17.7 Å². The molecule has 1 saturated heterocycles. The van der Waals surface area contributed by atoms with Crippen molar-refractivity contribution in [3.8, 4) is 5.69 Å². The molecule has 0 bridgehead atoms. The van der Waals surface area contributed by atoms with Gasteiger partial charge in [-0.1, -0.05) is 18.2 Å². The van der Waals surface area contributed by atoms with Gasteiger partial charge in [0, 0.05) is 25.2 Å². The Hall–Kier alpha value is -2.10. The molecule has 0 radical (unpaired) electrons. The number of rotatable bonds is 3. The third kappa shape index (κ3) is 2.97. The van der Waals surface area contributed by atoms with Crippen molar-refractivity contribution in [2.45, 2.75) is 50.9 Å². The number of hydrogen-bond acceptors (Lipinski definition) is 2. The Kier molecular flexibility index (Phi) is 4.37. The van der Waals surface area contributed by atoms with Gasteiger partial charge in [0.05, 0.1) is 11.9 Å². The zero-order valence-corrected chi connectivity index (χ0v) is 14.2. The first-order chi connectivity index (χ1) is 11.8. The molecule has 4 rings (SSSR count). The van der Waals surface area contributed by atoms with Gasteiger partial charge in [0.2, 0.25) is 5.91 Å². The first-order valence-electron chi connectivity index (χ1n) is 9.23. The summed E-state index contributed by atoms with van der Waals surface area (Å²) in [4.78, 5) is 14.7. The number of hydrogen-bond donors (Lipinski definition) is 0. The number of para-hydroxylation sites is 1. The summed E-state index contributed by atoms with van der Waals surface area (Å²) in [5, 5.41) is 4.63. The molecule has 0 N–H and O–H groups in total. The summed E-state index contributed by atoms with van der Waals surface area (Å²) in [6, 6.07) is 10.3. The smallest absolute Gasteiger partial charge is 0.223 e. The number of carbonyl (C=O) groups excluding carboxylic acids is 1. The SMILES string of the molecule is O=C(CC1CCCc2c1cnn2-c1ccccc1)N1CCCCC1. The highest BCUT2D eigenvalue weighted by molar-refractivity contribution is 5.77. The topological polar surface area (TPSA) is 38.1 Å². The van der Waals surface area contributed by atoms with Gasteiger partial charge in [-0.25, -0.2) is 4.68 Å². The van der Waals surface area contributed by atoms with Crippen LogP contribution in [0.1, 0.15) is 55.7 Å². The van der Waals surface area contributed by atoms with E-state index in [1.54, 1.807) is 0 Å². The third-order valence-corrected chi connectivity index (χ3v) is 5.44. The monoisotopic (exact) mass is 323 g/mol. The summed E-state index contributed by atoms with van der Waals surface area (Å²) in [7, 11) is 0. The zero-order valence-electron chi connectivity index (χ0n) is 14.2. The summed E-state index contributed by atoms with van der Waals surface area (Å²) >= 11 is 0. The fourth-order valence-corrected chi connectivity index (χ4v) is 4.14. The van der Waals surface area contributed by atoms with E-state index in [0.29, 0.717) is 18.2 Å². The van der Waals surface area contributed by atoms with Crippen LogP contribution >= 0.6 is 0 Å². The maximum atomic E-state index is 12.7. The van der Waals surface area contributed by atoms with Crippen molar-refractivity contribution in [1.29, 1.82) is 0 Å². The molecule has 24 heavy (non-hydrogen) atoms. The minimum atomic E-state index is 0.333. The fraction of sp³-hybridized carbons (Fsp3) is 0.500. The maximum absolute atomic E-state index is 12.7. The summed E-state index contributed by atoms with van der Waals surface area (Å²) in [5.74, 6) is 0.667. The molecule has 4 nitrogen and oxygen atoms in total. The van der Waals surface area contributed by atoms with Crippen LogP contribution in [0, 0.1) is 0 Å². The van der Waals surface area contributed by atoms with Crippen molar-refractivity contribution >= 4 is 5.91 Å². The summed E-state index contributed by atoms with van der Waals surface area (Å²) in [6.45, 7) is 1.89. The van der Waals surface area contributed by atoms with Gasteiger partial charge in [-0.2, -0.15) is 5.10 Å². The molecule has 1 atom stereocenters. The number of fused-ring (bicyclic) bond motifs is 1. The minimum Gasteiger partial charge on any atom is -0.343 e.